The molecule has 2 aromatic carbocycles. The standard InChI is InChI=1S/C17H16BrN3/c1-10-8-12(9-11(2)16(10)18)21-15-6-5-14-13(17(15)19)4-3-7-20-14/h3-9,21H,19H2,1-2H3. The minimum Gasteiger partial charge on any atom is -0.396 e. The molecule has 0 amide bonds. The molecule has 0 bridgehead atoms. The Balaban J connectivity index is 2.04. The fourth-order valence-corrected chi connectivity index (χ4v) is 2.69. The third-order valence-corrected chi connectivity index (χ3v) is 4.79. The number of hydrogen-bond donors (Lipinski definition) is 2. The zero-order valence-electron chi connectivity index (χ0n) is 11.9. The first-order valence-corrected chi connectivity index (χ1v) is 7.52. The molecule has 21 heavy (non-hydrogen) atoms. The number of fused-ring (bicyclic) bond motifs is 1. The maximum absolute atomic E-state index is 6.26. The summed E-state index contributed by atoms with van der Waals surface area (Å²) in [4.78, 5) is 4.32. The summed E-state index contributed by atoms with van der Waals surface area (Å²) in [5.74, 6) is 0. The van der Waals surface area contributed by atoms with Crippen LogP contribution in [0.25, 0.3) is 10.9 Å². The van der Waals surface area contributed by atoms with Crippen LogP contribution in [-0.2, 0) is 0 Å². The fourth-order valence-electron chi connectivity index (χ4n) is 2.46. The average molecular weight is 342 g/mol. The number of rotatable bonds is 2. The lowest BCUT2D eigenvalue weighted by atomic mass is 10.1. The highest BCUT2D eigenvalue weighted by Gasteiger charge is 2.07. The number of nitrogens with zero attached hydrogens (tertiary/aromatic N) is 1. The summed E-state index contributed by atoms with van der Waals surface area (Å²) >= 11 is 3.58. The third kappa shape index (κ3) is 2.59. The summed E-state index contributed by atoms with van der Waals surface area (Å²) in [5, 5.41) is 4.37. The van der Waals surface area contributed by atoms with Crippen molar-refractivity contribution in [2.45, 2.75) is 13.8 Å². The van der Waals surface area contributed by atoms with Gasteiger partial charge in [-0.25, -0.2) is 0 Å². The maximum Gasteiger partial charge on any atom is 0.0724 e. The van der Waals surface area contributed by atoms with E-state index >= 15 is 0 Å². The minimum absolute atomic E-state index is 0.721. The molecular weight excluding hydrogens is 326 g/mol. The second kappa shape index (κ2) is 5.37. The predicted octanol–water partition coefficient (Wildman–Crippen LogP) is 4.94. The molecule has 0 spiro atoms. The van der Waals surface area contributed by atoms with Gasteiger partial charge in [0.25, 0.3) is 0 Å². The Hall–Kier alpha value is -2.07. The number of nitrogen functional groups attached to an aromatic ring is 1. The van der Waals surface area contributed by atoms with Gasteiger partial charge in [0.2, 0.25) is 0 Å². The lowest BCUT2D eigenvalue weighted by Crippen LogP contribution is -1.98. The largest absolute Gasteiger partial charge is 0.396 e. The van der Waals surface area contributed by atoms with Gasteiger partial charge in [-0.1, -0.05) is 15.9 Å². The van der Waals surface area contributed by atoms with Gasteiger partial charge in [-0.3, -0.25) is 4.98 Å². The predicted molar refractivity (Wildman–Crippen MR) is 93.1 cm³/mol. The van der Waals surface area contributed by atoms with Gasteiger partial charge in [0.05, 0.1) is 16.9 Å². The van der Waals surface area contributed by atoms with E-state index in [1.165, 1.54) is 11.1 Å². The Morgan fingerprint density at radius 2 is 1.81 bits per heavy atom. The van der Waals surface area contributed by atoms with Crippen molar-refractivity contribution in [2.75, 3.05) is 11.1 Å². The summed E-state index contributed by atoms with van der Waals surface area (Å²) in [6.45, 7) is 4.16. The normalized spacial score (nSPS) is 10.8. The number of benzene rings is 2. The van der Waals surface area contributed by atoms with Gasteiger partial charge in [-0.2, -0.15) is 0 Å². The monoisotopic (exact) mass is 341 g/mol. The van der Waals surface area contributed by atoms with Crippen LogP contribution in [0.1, 0.15) is 11.1 Å². The van der Waals surface area contributed by atoms with Gasteiger partial charge in [-0.15, -0.1) is 0 Å². The molecule has 0 aliphatic heterocycles. The number of aryl methyl sites for hydroxylation is 2. The molecule has 4 heteroatoms. The highest BCUT2D eigenvalue weighted by Crippen LogP contribution is 2.32. The molecule has 0 radical (unpaired) electrons. The van der Waals surface area contributed by atoms with Gasteiger partial charge in [0.15, 0.2) is 0 Å². The molecule has 0 atom stereocenters. The van der Waals surface area contributed by atoms with Crippen LogP contribution in [0.2, 0.25) is 0 Å². The van der Waals surface area contributed by atoms with Crippen LogP contribution >= 0.6 is 15.9 Å². The number of halogens is 1. The minimum atomic E-state index is 0.721. The van der Waals surface area contributed by atoms with Crippen molar-refractivity contribution in [1.29, 1.82) is 0 Å². The molecule has 0 aliphatic rings. The Bertz CT molecular complexity index is 804. The summed E-state index contributed by atoms with van der Waals surface area (Å²) < 4.78 is 1.14. The van der Waals surface area contributed by atoms with Crippen molar-refractivity contribution in [3.05, 3.63) is 58.2 Å². The van der Waals surface area contributed by atoms with Crippen molar-refractivity contribution in [2.24, 2.45) is 0 Å². The van der Waals surface area contributed by atoms with Gasteiger partial charge in [0.1, 0.15) is 0 Å². The second-order valence-electron chi connectivity index (χ2n) is 5.15. The van der Waals surface area contributed by atoms with Crippen LogP contribution in [0.15, 0.2) is 47.1 Å². The van der Waals surface area contributed by atoms with Crippen molar-refractivity contribution in [1.82, 2.24) is 4.98 Å². The zero-order valence-corrected chi connectivity index (χ0v) is 13.5. The van der Waals surface area contributed by atoms with Gasteiger partial charge in [-0.05, 0) is 61.4 Å². The molecule has 1 aromatic heterocycles. The van der Waals surface area contributed by atoms with E-state index in [1.54, 1.807) is 6.20 Å². The van der Waals surface area contributed by atoms with Crippen LogP contribution in [0, 0.1) is 13.8 Å². The van der Waals surface area contributed by atoms with Crippen LogP contribution in [0.4, 0.5) is 17.1 Å². The highest BCUT2D eigenvalue weighted by molar-refractivity contribution is 9.10. The zero-order chi connectivity index (χ0) is 15.0. The van der Waals surface area contributed by atoms with E-state index in [4.69, 9.17) is 5.73 Å². The molecule has 3 nitrogen and oxygen atoms in total. The smallest absolute Gasteiger partial charge is 0.0724 e. The van der Waals surface area contributed by atoms with Crippen molar-refractivity contribution in [3.63, 3.8) is 0 Å². The Morgan fingerprint density at radius 3 is 2.52 bits per heavy atom. The quantitative estimate of drug-likeness (QED) is 0.649. The van der Waals surface area contributed by atoms with Crippen molar-refractivity contribution in [3.8, 4) is 0 Å². The van der Waals surface area contributed by atoms with Crippen LogP contribution in [0.5, 0.6) is 0 Å². The number of pyridine rings is 1. The molecule has 0 unspecified atom stereocenters. The van der Waals surface area contributed by atoms with Crippen molar-refractivity contribution >= 4 is 43.9 Å². The van der Waals surface area contributed by atoms with E-state index in [9.17, 15) is 0 Å². The molecule has 3 N–H and O–H groups in total. The number of anilines is 3. The van der Waals surface area contributed by atoms with E-state index in [1.807, 2.05) is 24.3 Å². The van der Waals surface area contributed by atoms with Crippen LogP contribution in [0.3, 0.4) is 0 Å². The van der Waals surface area contributed by atoms with Crippen LogP contribution < -0.4 is 11.1 Å². The molecule has 106 valence electrons. The first kappa shape index (κ1) is 13.9. The number of nitrogens with one attached hydrogen (secondary N) is 1. The molecule has 3 aromatic rings. The van der Waals surface area contributed by atoms with E-state index in [2.05, 4.69) is 52.2 Å². The highest BCUT2D eigenvalue weighted by atomic mass is 79.9. The Kier molecular flexibility index (Phi) is 3.55. The molecule has 3 rings (SSSR count). The number of nitrogens with two attached hydrogens (primary N) is 1. The topological polar surface area (TPSA) is 50.9 Å². The fraction of sp³-hybridized carbons (Fsp3) is 0.118. The molecule has 0 saturated carbocycles. The molecule has 0 aliphatic carbocycles. The van der Waals surface area contributed by atoms with E-state index in [0.29, 0.717) is 0 Å². The van der Waals surface area contributed by atoms with Gasteiger partial charge in [0, 0.05) is 21.7 Å². The molecular formula is C17H16BrN3. The van der Waals surface area contributed by atoms with Crippen molar-refractivity contribution < 1.29 is 0 Å². The lowest BCUT2D eigenvalue weighted by Gasteiger charge is -2.13. The van der Waals surface area contributed by atoms with E-state index in [-0.39, 0.29) is 0 Å². The summed E-state index contributed by atoms with van der Waals surface area (Å²) in [7, 11) is 0. The average Bonchev–Trinajstić information content (AvgIpc) is 2.48. The SMILES string of the molecule is Cc1cc(Nc2ccc3ncccc3c2N)cc(C)c1Br. The second-order valence-corrected chi connectivity index (χ2v) is 5.94. The number of hydrogen-bond acceptors (Lipinski definition) is 3. The Labute approximate surface area is 132 Å². The molecule has 0 fully saturated rings. The maximum atomic E-state index is 6.26. The van der Waals surface area contributed by atoms with E-state index < -0.39 is 0 Å². The molecule has 0 saturated heterocycles. The molecule has 1 heterocycles. The Morgan fingerprint density at radius 1 is 1.10 bits per heavy atom. The summed E-state index contributed by atoms with van der Waals surface area (Å²) in [6, 6.07) is 12.0. The van der Waals surface area contributed by atoms with Gasteiger partial charge < -0.3 is 11.1 Å². The van der Waals surface area contributed by atoms with E-state index in [0.717, 1.165) is 32.4 Å². The first-order valence-electron chi connectivity index (χ1n) is 6.73. The summed E-state index contributed by atoms with van der Waals surface area (Å²) in [6.07, 6.45) is 1.77. The first-order chi connectivity index (χ1) is 10.1. The van der Waals surface area contributed by atoms with Gasteiger partial charge >= 0.3 is 0 Å². The lowest BCUT2D eigenvalue weighted by molar-refractivity contribution is 1.33. The summed E-state index contributed by atoms with van der Waals surface area (Å²) in [5.41, 5.74) is 12.2. The van der Waals surface area contributed by atoms with Crippen LogP contribution in [-0.4, -0.2) is 4.98 Å². The number of aromatic nitrogens is 1. The third-order valence-electron chi connectivity index (χ3n) is 3.54.